The Bertz CT molecular complexity index is 1290. The second kappa shape index (κ2) is 8.10. The molecule has 6 rings (SSSR count). The summed E-state index contributed by atoms with van der Waals surface area (Å²) in [6.07, 6.45) is 9.13. The lowest BCUT2D eigenvalue weighted by Gasteiger charge is -2.31. The second-order valence-electron chi connectivity index (χ2n) is 9.39. The van der Waals surface area contributed by atoms with Crippen LogP contribution in [0.5, 0.6) is 0 Å². The van der Waals surface area contributed by atoms with E-state index in [1.807, 2.05) is 24.5 Å². The van der Waals surface area contributed by atoms with Crippen molar-refractivity contribution in [1.82, 2.24) is 9.55 Å². The molecule has 0 N–H and O–H groups in total. The van der Waals surface area contributed by atoms with Crippen LogP contribution in [-0.4, -0.2) is 33.9 Å². The van der Waals surface area contributed by atoms with E-state index >= 15 is 0 Å². The molecule has 2 aromatic carbocycles. The summed E-state index contributed by atoms with van der Waals surface area (Å²) in [5.74, 6) is 1.73. The summed E-state index contributed by atoms with van der Waals surface area (Å²) in [5.41, 5.74) is 6.34. The maximum absolute atomic E-state index is 13.1. The molecule has 1 unspecified atom stereocenters. The van der Waals surface area contributed by atoms with Gasteiger partial charge in [-0.25, -0.2) is 4.98 Å². The zero-order valence-electron chi connectivity index (χ0n) is 18.5. The third-order valence-electron chi connectivity index (χ3n) is 7.21. The maximum atomic E-state index is 13.1. The number of ketones is 2. The summed E-state index contributed by atoms with van der Waals surface area (Å²) in [6.45, 7) is 2.64. The quantitative estimate of drug-likeness (QED) is 0.575. The fourth-order valence-electron chi connectivity index (χ4n) is 5.33. The minimum atomic E-state index is 0.0498. The van der Waals surface area contributed by atoms with Crippen LogP contribution >= 0.6 is 0 Å². The van der Waals surface area contributed by atoms with Gasteiger partial charge in [-0.15, -0.1) is 0 Å². The van der Waals surface area contributed by atoms with Crippen molar-refractivity contribution >= 4 is 29.2 Å². The van der Waals surface area contributed by atoms with Gasteiger partial charge in [0.1, 0.15) is 5.82 Å². The zero-order valence-corrected chi connectivity index (χ0v) is 18.5. The van der Waals surface area contributed by atoms with E-state index in [1.54, 1.807) is 0 Å². The van der Waals surface area contributed by atoms with Crippen LogP contribution in [0.2, 0.25) is 0 Å². The van der Waals surface area contributed by atoms with Crippen molar-refractivity contribution in [3.63, 3.8) is 0 Å². The number of carbonyl (C=O) groups is 2. The minimum Gasteiger partial charge on any atom is -0.367 e. The monoisotopic (exact) mass is 438 g/mol. The van der Waals surface area contributed by atoms with Gasteiger partial charge in [0, 0.05) is 62.5 Å². The van der Waals surface area contributed by atoms with E-state index < -0.39 is 0 Å². The molecule has 33 heavy (non-hydrogen) atoms. The topological polar surface area (TPSA) is 67.6 Å². The van der Waals surface area contributed by atoms with Crippen molar-refractivity contribution in [2.24, 2.45) is 10.9 Å². The number of imidazole rings is 1. The van der Waals surface area contributed by atoms with E-state index in [-0.39, 0.29) is 11.6 Å². The number of Topliss-reactive ketones (excluding diaryl/α,β-unsaturated/α-hetero) is 2. The van der Waals surface area contributed by atoms with Crippen LogP contribution in [0.15, 0.2) is 53.8 Å². The first-order chi connectivity index (χ1) is 16.1. The Labute approximate surface area is 193 Å². The molecule has 0 fully saturated rings. The van der Waals surface area contributed by atoms with Crippen LogP contribution < -0.4 is 4.90 Å². The Morgan fingerprint density at radius 3 is 2.94 bits per heavy atom. The van der Waals surface area contributed by atoms with Gasteiger partial charge >= 0.3 is 0 Å². The van der Waals surface area contributed by atoms with Crippen LogP contribution in [0, 0.1) is 5.92 Å². The van der Waals surface area contributed by atoms with E-state index in [9.17, 15) is 9.59 Å². The Morgan fingerprint density at radius 1 is 1.06 bits per heavy atom. The van der Waals surface area contributed by atoms with Crippen molar-refractivity contribution in [3.8, 4) is 0 Å². The van der Waals surface area contributed by atoms with Gasteiger partial charge in [0.05, 0.1) is 11.9 Å². The van der Waals surface area contributed by atoms with Gasteiger partial charge in [-0.1, -0.05) is 12.1 Å². The van der Waals surface area contributed by atoms with E-state index in [0.29, 0.717) is 18.8 Å². The SMILES string of the molecule is O=C1C=Nc2ccc(N3CCc4ccc(C(=O)CC5CCn6ccnc6C5)cc4C3)cc2C1. The molecule has 3 aliphatic rings. The summed E-state index contributed by atoms with van der Waals surface area (Å²) in [5, 5.41) is 0. The van der Waals surface area contributed by atoms with Crippen LogP contribution in [0.4, 0.5) is 11.4 Å². The molecule has 0 aliphatic carbocycles. The lowest BCUT2D eigenvalue weighted by Crippen LogP contribution is -2.30. The Morgan fingerprint density at radius 2 is 2.00 bits per heavy atom. The van der Waals surface area contributed by atoms with Gasteiger partial charge < -0.3 is 9.47 Å². The standard InChI is InChI=1S/C27H26N4O2/c32-24-15-21-14-23(3-4-25(21)29-16-24)31-9-6-19-1-2-20(13-22(19)17-31)26(33)11-18-5-8-30-10-7-28-27(30)12-18/h1-4,7,10,13-14,16,18H,5-6,8-9,11-12,15,17H2. The van der Waals surface area contributed by atoms with Crippen molar-refractivity contribution < 1.29 is 9.59 Å². The number of nitrogens with zero attached hydrogens (tertiary/aromatic N) is 4. The lowest BCUT2D eigenvalue weighted by molar-refractivity contribution is -0.112. The molecule has 166 valence electrons. The van der Waals surface area contributed by atoms with Crippen LogP contribution in [0.25, 0.3) is 0 Å². The molecule has 0 saturated heterocycles. The molecule has 0 amide bonds. The second-order valence-corrected chi connectivity index (χ2v) is 9.39. The molecule has 1 aromatic heterocycles. The molecule has 0 bridgehead atoms. The number of anilines is 1. The molecule has 3 aliphatic heterocycles. The highest BCUT2D eigenvalue weighted by atomic mass is 16.1. The Hall–Kier alpha value is -3.54. The van der Waals surface area contributed by atoms with Crippen molar-refractivity contribution in [2.45, 2.75) is 45.2 Å². The first-order valence-corrected chi connectivity index (χ1v) is 11.7. The number of aliphatic imine (C=N–C) groups is 1. The molecule has 6 nitrogen and oxygen atoms in total. The summed E-state index contributed by atoms with van der Waals surface area (Å²) < 4.78 is 2.19. The van der Waals surface area contributed by atoms with E-state index in [4.69, 9.17) is 0 Å². The number of aryl methyl sites for hydroxylation is 1. The number of benzene rings is 2. The normalized spacial score (nSPS) is 19.1. The van der Waals surface area contributed by atoms with Gasteiger partial charge in [-0.2, -0.15) is 0 Å². The molecule has 6 heteroatoms. The number of rotatable bonds is 4. The van der Waals surface area contributed by atoms with Crippen molar-refractivity contribution in [3.05, 3.63) is 76.9 Å². The average molecular weight is 439 g/mol. The van der Waals surface area contributed by atoms with Gasteiger partial charge in [0.2, 0.25) is 0 Å². The smallest absolute Gasteiger partial charge is 0.178 e. The third-order valence-corrected chi connectivity index (χ3v) is 7.21. The lowest BCUT2D eigenvalue weighted by atomic mass is 9.89. The molecule has 0 saturated carbocycles. The highest BCUT2D eigenvalue weighted by molar-refractivity contribution is 6.29. The molecular formula is C27H26N4O2. The Kier molecular flexibility index (Phi) is 4.93. The predicted molar refractivity (Wildman–Crippen MR) is 127 cm³/mol. The highest BCUT2D eigenvalue weighted by Crippen LogP contribution is 2.31. The molecule has 0 spiro atoms. The molecule has 1 atom stereocenters. The summed E-state index contributed by atoms with van der Waals surface area (Å²) in [6, 6.07) is 12.4. The number of aromatic nitrogens is 2. The number of fused-ring (bicyclic) bond motifs is 3. The minimum absolute atomic E-state index is 0.0498. The summed E-state index contributed by atoms with van der Waals surface area (Å²) >= 11 is 0. The molecule has 4 heterocycles. The number of hydrogen-bond donors (Lipinski definition) is 0. The van der Waals surface area contributed by atoms with Crippen LogP contribution in [0.1, 0.15) is 45.7 Å². The molecule has 0 radical (unpaired) electrons. The first-order valence-electron chi connectivity index (χ1n) is 11.7. The summed E-state index contributed by atoms with van der Waals surface area (Å²) in [4.78, 5) is 35.9. The van der Waals surface area contributed by atoms with E-state index in [2.05, 4.69) is 43.7 Å². The summed E-state index contributed by atoms with van der Waals surface area (Å²) in [7, 11) is 0. The fraction of sp³-hybridized carbons (Fsp3) is 0.333. The predicted octanol–water partition coefficient (Wildman–Crippen LogP) is 4.11. The van der Waals surface area contributed by atoms with E-state index in [0.717, 1.165) is 67.2 Å². The zero-order chi connectivity index (χ0) is 22.4. The molecular weight excluding hydrogens is 412 g/mol. The Balaban J connectivity index is 1.18. The van der Waals surface area contributed by atoms with Crippen LogP contribution in [-0.2, 0) is 37.1 Å². The highest BCUT2D eigenvalue weighted by Gasteiger charge is 2.24. The largest absolute Gasteiger partial charge is 0.367 e. The number of carbonyl (C=O) groups excluding carboxylic acids is 2. The van der Waals surface area contributed by atoms with Crippen LogP contribution in [0.3, 0.4) is 0 Å². The molecule has 3 aromatic rings. The van der Waals surface area contributed by atoms with Gasteiger partial charge in [0.15, 0.2) is 11.6 Å². The van der Waals surface area contributed by atoms with Gasteiger partial charge in [-0.05, 0) is 59.7 Å². The van der Waals surface area contributed by atoms with E-state index in [1.165, 1.54) is 17.3 Å². The first kappa shape index (κ1) is 20.1. The van der Waals surface area contributed by atoms with Gasteiger partial charge in [-0.3, -0.25) is 14.6 Å². The van der Waals surface area contributed by atoms with Crippen molar-refractivity contribution in [1.29, 1.82) is 0 Å². The maximum Gasteiger partial charge on any atom is 0.178 e. The fourth-order valence-corrected chi connectivity index (χ4v) is 5.33. The van der Waals surface area contributed by atoms with Gasteiger partial charge in [0.25, 0.3) is 0 Å². The number of hydrogen-bond acceptors (Lipinski definition) is 5. The third kappa shape index (κ3) is 3.90. The van der Waals surface area contributed by atoms with Crippen molar-refractivity contribution in [2.75, 3.05) is 11.4 Å². The average Bonchev–Trinajstić information content (AvgIpc) is 3.31.